The first-order chi connectivity index (χ1) is 13.4. The number of hydrogen-bond donors (Lipinski definition) is 3. The molecule has 2 aromatic carbocycles. The van der Waals surface area contributed by atoms with Gasteiger partial charge >= 0.3 is 0 Å². The number of ether oxygens (including phenoxy) is 1. The Bertz CT molecular complexity index is 950. The van der Waals surface area contributed by atoms with Crippen molar-refractivity contribution >= 4 is 11.6 Å². The van der Waals surface area contributed by atoms with Crippen LogP contribution in [0.15, 0.2) is 55.0 Å². The van der Waals surface area contributed by atoms with Gasteiger partial charge in [-0.1, -0.05) is 38.1 Å². The van der Waals surface area contributed by atoms with Crippen LogP contribution in [0.1, 0.15) is 32.0 Å². The van der Waals surface area contributed by atoms with Crippen LogP contribution in [0.2, 0.25) is 0 Å². The molecule has 28 heavy (non-hydrogen) atoms. The average molecular weight is 379 g/mol. The summed E-state index contributed by atoms with van der Waals surface area (Å²) >= 11 is 0. The highest BCUT2D eigenvalue weighted by molar-refractivity contribution is 5.90. The van der Waals surface area contributed by atoms with Gasteiger partial charge in [0, 0.05) is 18.2 Å². The summed E-state index contributed by atoms with van der Waals surface area (Å²) in [7, 11) is 1.61. The monoisotopic (exact) mass is 379 g/mol. The van der Waals surface area contributed by atoms with Gasteiger partial charge in [0.25, 0.3) is 0 Å². The standard InChI is InChI=1S/C22H25N3O3/c1-14(2)22(27,21-12-23-13-24-21)17-7-5-16(6-8-17)19-11-18(25-15(3)26)9-10-20(19)28-4/h5-14,27H,1-4H3,(H,23,24)(H,25,26). The second-order valence-electron chi connectivity index (χ2n) is 7.06. The highest BCUT2D eigenvalue weighted by Crippen LogP contribution is 2.38. The molecule has 0 aliphatic carbocycles. The fourth-order valence-corrected chi connectivity index (χ4v) is 3.38. The molecule has 3 rings (SSSR count). The number of imidazole rings is 1. The van der Waals surface area contributed by atoms with E-state index < -0.39 is 5.60 Å². The first kappa shape index (κ1) is 19.6. The number of hydrogen-bond acceptors (Lipinski definition) is 4. The largest absolute Gasteiger partial charge is 0.496 e. The van der Waals surface area contributed by atoms with E-state index in [1.165, 1.54) is 6.92 Å². The molecule has 6 heteroatoms. The van der Waals surface area contributed by atoms with E-state index in [9.17, 15) is 9.90 Å². The summed E-state index contributed by atoms with van der Waals surface area (Å²) in [6.45, 7) is 5.41. The van der Waals surface area contributed by atoms with Crippen LogP contribution in [0.5, 0.6) is 5.75 Å². The molecule has 3 N–H and O–H groups in total. The minimum atomic E-state index is -1.17. The number of anilines is 1. The molecule has 0 radical (unpaired) electrons. The van der Waals surface area contributed by atoms with Crippen LogP contribution < -0.4 is 10.1 Å². The second kappa shape index (κ2) is 7.86. The van der Waals surface area contributed by atoms with Crippen molar-refractivity contribution in [3.63, 3.8) is 0 Å². The first-order valence-corrected chi connectivity index (χ1v) is 9.14. The zero-order valence-electron chi connectivity index (χ0n) is 16.5. The lowest BCUT2D eigenvalue weighted by Crippen LogP contribution is -2.33. The van der Waals surface area contributed by atoms with Crippen molar-refractivity contribution in [2.75, 3.05) is 12.4 Å². The number of carbonyl (C=O) groups excluding carboxylic acids is 1. The number of aromatic amines is 1. The number of aliphatic hydroxyl groups is 1. The van der Waals surface area contributed by atoms with Gasteiger partial charge < -0.3 is 20.1 Å². The van der Waals surface area contributed by atoms with E-state index in [-0.39, 0.29) is 11.8 Å². The van der Waals surface area contributed by atoms with Gasteiger partial charge in [0.1, 0.15) is 11.4 Å². The van der Waals surface area contributed by atoms with Crippen molar-refractivity contribution in [2.45, 2.75) is 26.4 Å². The molecule has 1 amide bonds. The van der Waals surface area contributed by atoms with E-state index >= 15 is 0 Å². The summed E-state index contributed by atoms with van der Waals surface area (Å²) in [5, 5.41) is 14.2. The minimum Gasteiger partial charge on any atom is -0.496 e. The molecule has 146 valence electrons. The Kier molecular flexibility index (Phi) is 5.51. The van der Waals surface area contributed by atoms with Gasteiger partial charge in [-0.05, 0) is 35.2 Å². The Morgan fingerprint density at radius 2 is 1.93 bits per heavy atom. The van der Waals surface area contributed by atoms with Crippen LogP contribution in [0.3, 0.4) is 0 Å². The van der Waals surface area contributed by atoms with E-state index in [0.29, 0.717) is 17.1 Å². The maximum absolute atomic E-state index is 11.4. The Morgan fingerprint density at radius 3 is 2.46 bits per heavy atom. The molecule has 1 atom stereocenters. The van der Waals surface area contributed by atoms with Crippen LogP contribution in [-0.4, -0.2) is 28.1 Å². The third-order valence-corrected chi connectivity index (χ3v) is 4.90. The zero-order valence-corrected chi connectivity index (χ0v) is 16.5. The predicted octanol–water partition coefficient (Wildman–Crippen LogP) is 3.94. The number of nitrogens with one attached hydrogen (secondary N) is 2. The highest BCUT2D eigenvalue weighted by atomic mass is 16.5. The Morgan fingerprint density at radius 1 is 1.21 bits per heavy atom. The average Bonchev–Trinajstić information content (AvgIpc) is 3.22. The van der Waals surface area contributed by atoms with Crippen LogP contribution in [-0.2, 0) is 10.4 Å². The molecular formula is C22H25N3O3. The number of benzene rings is 2. The van der Waals surface area contributed by atoms with Crippen molar-refractivity contribution in [3.05, 3.63) is 66.2 Å². The quantitative estimate of drug-likeness (QED) is 0.605. The number of amides is 1. The van der Waals surface area contributed by atoms with Crippen molar-refractivity contribution in [1.82, 2.24) is 9.97 Å². The van der Waals surface area contributed by atoms with E-state index in [1.54, 1.807) is 25.7 Å². The maximum atomic E-state index is 11.4. The molecule has 0 bridgehead atoms. The molecule has 0 saturated heterocycles. The third-order valence-electron chi connectivity index (χ3n) is 4.90. The molecule has 0 saturated carbocycles. The van der Waals surface area contributed by atoms with Gasteiger partial charge in [0.15, 0.2) is 0 Å². The summed E-state index contributed by atoms with van der Waals surface area (Å²) in [6.07, 6.45) is 3.21. The van der Waals surface area contributed by atoms with Gasteiger partial charge in [-0.3, -0.25) is 4.79 Å². The summed E-state index contributed by atoms with van der Waals surface area (Å²) < 4.78 is 5.48. The van der Waals surface area contributed by atoms with Crippen LogP contribution in [0.25, 0.3) is 11.1 Å². The fourth-order valence-electron chi connectivity index (χ4n) is 3.38. The predicted molar refractivity (Wildman–Crippen MR) is 109 cm³/mol. The molecule has 1 aromatic heterocycles. The number of H-pyrrole nitrogens is 1. The van der Waals surface area contributed by atoms with E-state index in [0.717, 1.165) is 16.7 Å². The van der Waals surface area contributed by atoms with Crippen molar-refractivity contribution in [2.24, 2.45) is 5.92 Å². The van der Waals surface area contributed by atoms with Gasteiger partial charge in [-0.2, -0.15) is 0 Å². The molecule has 1 heterocycles. The van der Waals surface area contributed by atoms with Crippen LogP contribution in [0, 0.1) is 5.92 Å². The first-order valence-electron chi connectivity index (χ1n) is 9.14. The lowest BCUT2D eigenvalue weighted by Gasteiger charge is -2.31. The SMILES string of the molecule is COc1ccc(NC(C)=O)cc1-c1ccc(C(O)(c2cnc[nH]2)C(C)C)cc1. The normalized spacial score (nSPS) is 13.2. The number of nitrogens with zero attached hydrogens (tertiary/aromatic N) is 1. The summed E-state index contributed by atoms with van der Waals surface area (Å²) in [5.41, 5.74) is 2.73. The van der Waals surface area contributed by atoms with Gasteiger partial charge in [0.05, 0.1) is 25.3 Å². The number of aromatic nitrogens is 2. The Balaban J connectivity index is 2.02. The second-order valence-corrected chi connectivity index (χ2v) is 7.06. The third kappa shape index (κ3) is 3.64. The maximum Gasteiger partial charge on any atom is 0.221 e. The fraction of sp³-hybridized carbons (Fsp3) is 0.273. The minimum absolute atomic E-state index is 0.0589. The lowest BCUT2D eigenvalue weighted by molar-refractivity contribution is -0.114. The van der Waals surface area contributed by atoms with E-state index in [4.69, 9.17) is 4.74 Å². The molecule has 0 aliphatic heterocycles. The summed E-state index contributed by atoms with van der Waals surface area (Å²) in [5.74, 6) is 0.513. The molecular weight excluding hydrogens is 354 g/mol. The van der Waals surface area contributed by atoms with Gasteiger partial charge in [-0.25, -0.2) is 4.98 Å². The molecule has 0 spiro atoms. The van der Waals surface area contributed by atoms with Crippen LogP contribution in [0.4, 0.5) is 5.69 Å². The number of rotatable bonds is 6. The molecule has 0 fully saturated rings. The highest BCUT2D eigenvalue weighted by Gasteiger charge is 2.36. The van der Waals surface area contributed by atoms with Crippen molar-refractivity contribution in [3.8, 4) is 16.9 Å². The molecule has 3 aromatic rings. The Hall–Kier alpha value is -3.12. The molecule has 0 aliphatic rings. The van der Waals surface area contributed by atoms with Gasteiger partial charge in [-0.15, -0.1) is 0 Å². The van der Waals surface area contributed by atoms with E-state index in [1.807, 2.05) is 50.2 Å². The molecule has 1 unspecified atom stereocenters. The summed E-state index contributed by atoms with van der Waals surface area (Å²) in [4.78, 5) is 18.4. The van der Waals surface area contributed by atoms with Crippen LogP contribution >= 0.6 is 0 Å². The van der Waals surface area contributed by atoms with Crippen molar-refractivity contribution < 1.29 is 14.6 Å². The van der Waals surface area contributed by atoms with Crippen molar-refractivity contribution in [1.29, 1.82) is 0 Å². The lowest BCUT2D eigenvalue weighted by atomic mass is 9.80. The topological polar surface area (TPSA) is 87.2 Å². The summed E-state index contributed by atoms with van der Waals surface area (Å²) in [6, 6.07) is 13.2. The zero-order chi connectivity index (χ0) is 20.3. The number of methoxy groups -OCH3 is 1. The number of carbonyl (C=O) groups is 1. The van der Waals surface area contributed by atoms with Gasteiger partial charge in [0.2, 0.25) is 5.91 Å². The Labute approximate surface area is 164 Å². The van der Waals surface area contributed by atoms with E-state index in [2.05, 4.69) is 15.3 Å². The smallest absolute Gasteiger partial charge is 0.221 e. The molecule has 6 nitrogen and oxygen atoms in total.